The Kier molecular flexibility index (Phi) is 3.88. The number of H-pyrrole nitrogens is 1. The monoisotopic (exact) mass is 269 g/mol. The molecule has 0 radical (unpaired) electrons. The molecule has 3 heteroatoms. The molecule has 1 aromatic heterocycles. The first-order valence-electron chi connectivity index (χ1n) is 7.56. The van der Waals surface area contributed by atoms with Crippen LogP contribution in [0.15, 0.2) is 24.3 Å². The van der Waals surface area contributed by atoms with Gasteiger partial charge in [0.05, 0.1) is 5.69 Å². The van der Waals surface area contributed by atoms with E-state index >= 15 is 0 Å². The van der Waals surface area contributed by atoms with Gasteiger partial charge in [-0.15, -0.1) is 0 Å². The molecule has 1 unspecified atom stereocenters. The molecular formula is C17H23N3. The van der Waals surface area contributed by atoms with Gasteiger partial charge in [-0.1, -0.05) is 24.3 Å². The highest BCUT2D eigenvalue weighted by Gasteiger charge is 2.17. The fourth-order valence-corrected chi connectivity index (χ4v) is 3.09. The smallest absolute Gasteiger partial charge is 0.107 e. The highest BCUT2D eigenvalue weighted by molar-refractivity contribution is 5.65. The Morgan fingerprint density at radius 1 is 1.25 bits per heavy atom. The first-order chi connectivity index (χ1) is 9.74. The second-order valence-electron chi connectivity index (χ2n) is 5.89. The van der Waals surface area contributed by atoms with Crippen LogP contribution < -0.4 is 5.32 Å². The Morgan fingerprint density at radius 2 is 2.10 bits per heavy atom. The summed E-state index contributed by atoms with van der Waals surface area (Å²) in [4.78, 5) is 8.33. The van der Waals surface area contributed by atoms with E-state index in [1.54, 1.807) is 0 Å². The fraction of sp³-hybridized carbons (Fsp3) is 0.471. The number of aromatic nitrogens is 2. The van der Waals surface area contributed by atoms with Crippen LogP contribution in [0.3, 0.4) is 0 Å². The minimum Gasteiger partial charge on any atom is -0.346 e. The molecule has 3 rings (SSSR count). The average Bonchev–Trinajstić information content (AvgIpc) is 2.81. The predicted octanol–water partition coefficient (Wildman–Crippen LogP) is 3.24. The fourth-order valence-electron chi connectivity index (χ4n) is 3.09. The van der Waals surface area contributed by atoms with Crippen molar-refractivity contribution < 1.29 is 0 Å². The van der Waals surface area contributed by atoms with Gasteiger partial charge in [-0.05, 0) is 51.3 Å². The Bertz CT molecular complexity index is 580. The van der Waals surface area contributed by atoms with E-state index in [1.807, 2.05) is 0 Å². The third-order valence-electron chi connectivity index (χ3n) is 4.21. The molecule has 1 aliphatic heterocycles. The summed E-state index contributed by atoms with van der Waals surface area (Å²) >= 11 is 0. The van der Waals surface area contributed by atoms with E-state index in [1.165, 1.54) is 36.2 Å². The third kappa shape index (κ3) is 2.78. The van der Waals surface area contributed by atoms with Crippen molar-refractivity contribution in [2.75, 3.05) is 13.1 Å². The molecular weight excluding hydrogens is 246 g/mol. The molecule has 2 aromatic rings. The van der Waals surface area contributed by atoms with Gasteiger partial charge in [0.15, 0.2) is 0 Å². The molecule has 1 atom stereocenters. The van der Waals surface area contributed by atoms with Crippen LogP contribution in [0.25, 0.3) is 11.3 Å². The van der Waals surface area contributed by atoms with Crippen molar-refractivity contribution >= 4 is 0 Å². The minimum atomic E-state index is 0.721. The number of imidazole rings is 1. The maximum absolute atomic E-state index is 4.85. The van der Waals surface area contributed by atoms with Crippen LogP contribution in [0, 0.1) is 19.8 Å². The molecule has 2 N–H and O–H groups in total. The van der Waals surface area contributed by atoms with Crippen LogP contribution in [-0.4, -0.2) is 23.1 Å². The van der Waals surface area contributed by atoms with Crippen LogP contribution in [0.1, 0.15) is 29.9 Å². The summed E-state index contributed by atoms with van der Waals surface area (Å²) < 4.78 is 0. The van der Waals surface area contributed by atoms with Crippen LogP contribution in [0.2, 0.25) is 0 Å². The summed E-state index contributed by atoms with van der Waals surface area (Å²) in [5.74, 6) is 1.86. The van der Waals surface area contributed by atoms with Crippen molar-refractivity contribution in [3.05, 3.63) is 41.3 Å². The van der Waals surface area contributed by atoms with E-state index in [0.717, 1.165) is 30.4 Å². The first-order valence-corrected chi connectivity index (χ1v) is 7.56. The molecule has 2 heterocycles. The summed E-state index contributed by atoms with van der Waals surface area (Å²) in [5, 5.41) is 3.48. The van der Waals surface area contributed by atoms with E-state index in [9.17, 15) is 0 Å². The lowest BCUT2D eigenvalue weighted by Gasteiger charge is -2.21. The SMILES string of the molecule is Cc1ccccc1-c1nc(CC2CCCNC2)[nH]c1C. The first kappa shape index (κ1) is 13.4. The maximum atomic E-state index is 4.85. The van der Waals surface area contributed by atoms with E-state index < -0.39 is 0 Å². The number of benzene rings is 1. The molecule has 20 heavy (non-hydrogen) atoms. The number of nitrogens with one attached hydrogen (secondary N) is 2. The Labute approximate surface area is 120 Å². The van der Waals surface area contributed by atoms with Crippen LogP contribution in [0.4, 0.5) is 0 Å². The number of rotatable bonds is 3. The van der Waals surface area contributed by atoms with Crippen LogP contribution >= 0.6 is 0 Å². The minimum absolute atomic E-state index is 0.721. The van der Waals surface area contributed by atoms with Crippen LogP contribution in [-0.2, 0) is 6.42 Å². The molecule has 0 amide bonds. The standard InChI is InChI=1S/C17H23N3/c1-12-6-3-4-8-15(12)17-13(2)19-16(20-17)10-14-7-5-9-18-11-14/h3-4,6,8,14,18H,5,7,9-11H2,1-2H3,(H,19,20). The Hall–Kier alpha value is -1.61. The molecule has 1 aromatic carbocycles. The van der Waals surface area contributed by atoms with Gasteiger partial charge in [-0.3, -0.25) is 0 Å². The second-order valence-corrected chi connectivity index (χ2v) is 5.89. The van der Waals surface area contributed by atoms with Gasteiger partial charge < -0.3 is 10.3 Å². The summed E-state index contributed by atoms with van der Waals surface area (Å²) in [6, 6.07) is 8.47. The van der Waals surface area contributed by atoms with E-state index in [2.05, 4.69) is 48.4 Å². The van der Waals surface area contributed by atoms with Gasteiger partial charge in [0.2, 0.25) is 0 Å². The summed E-state index contributed by atoms with van der Waals surface area (Å²) in [7, 11) is 0. The zero-order chi connectivity index (χ0) is 13.9. The van der Waals surface area contributed by atoms with Gasteiger partial charge in [0, 0.05) is 17.7 Å². The predicted molar refractivity (Wildman–Crippen MR) is 82.8 cm³/mol. The zero-order valence-electron chi connectivity index (χ0n) is 12.4. The van der Waals surface area contributed by atoms with Crippen LogP contribution in [0.5, 0.6) is 0 Å². The lowest BCUT2D eigenvalue weighted by atomic mass is 9.96. The maximum Gasteiger partial charge on any atom is 0.107 e. The van der Waals surface area contributed by atoms with Gasteiger partial charge in [-0.2, -0.15) is 0 Å². The largest absolute Gasteiger partial charge is 0.346 e. The summed E-state index contributed by atoms with van der Waals surface area (Å²) in [5.41, 5.74) is 4.82. The second kappa shape index (κ2) is 5.80. The average molecular weight is 269 g/mol. The molecule has 0 saturated carbocycles. The molecule has 0 bridgehead atoms. The number of hydrogen-bond acceptors (Lipinski definition) is 2. The molecule has 106 valence electrons. The van der Waals surface area contributed by atoms with E-state index in [0.29, 0.717) is 0 Å². The van der Waals surface area contributed by atoms with Crippen molar-refractivity contribution in [1.29, 1.82) is 0 Å². The molecule has 0 aliphatic carbocycles. The Balaban J connectivity index is 1.82. The van der Waals surface area contributed by atoms with Crippen molar-refractivity contribution in [2.45, 2.75) is 33.1 Å². The van der Waals surface area contributed by atoms with Crippen molar-refractivity contribution in [3.63, 3.8) is 0 Å². The van der Waals surface area contributed by atoms with Gasteiger partial charge in [0.1, 0.15) is 5.82 Å². The highest BCUT2D eigenvalue weighted by Crippen LogP contribution is 2.25. The third-order valence-corrected chi connectivity index (χ3v) is 4.21. The number of aryl methyl sites for hydroxylation is 2. The number of aromatic amines is 1. The number of piperidine rings is 1. The topological polar surface area (TPSA) is 40.7 Å². The van der Waals surface area contributed by atoms with Crippen molar-refractivity contribution in [3.8, 4) is 11.3 Å². The summed E-state index contributed by atoms with van der Waals surface area (Å²) in [6.45, 7) is 6.56. The summed E-state index contributed by atoms with van der Waals surface area (Å²) in [6.07, 6.45) is 3.65. The Morgan fingerprint density at radius 3 is 2.85 bits per heavy atom. The molecule has 3 nitrogen and oxygen atoms in total. The van der Waals surface area contributed by atoms with Crippen molar-refractivity contribution in [1.82, 2.24) is 15.3 Å². The van der Waals surface area contributed by atoms with E-state index in [4.69, 9.17) is 4.98 Å². The van der Waals surface area contributed by atoms with Gasteiger partial charge in [0.25, 0.3) is 0 Å². The van der Waals surface area contributed by atoms with Gasteiger partial charge >= 0.3 is 0 Å². The molecule has 1 fully saturated rings. The normalized spacial score (nSPS) is 19.2. The lowest BCUT2D eigenvalue weighted by Crippen LogP contribution is -2.31. The van der Waals surface area contributed by atoms with Crippen molar-refractivity contribution in [2.24, 2.45) is 5.92 Å². The quantitative estimate of drug-likeness (QED) is 0.898. The lowest BCUT2D eigenvalue weighted by molar-refractivity contribution is 0.371. The highest BCUT2D eigenvalue weighted by atomic mass is 14.9. The molecule has 0 spiro atoms. The number of hydrogen-bond donors (Lipinski definition) is 2. The zero-order valence-corrected chi connectivity index (χ0v) is 12.4. The number of nitrogens with zero attached hydrogens (tertiary/aromatic N) is 1. The van der Waals surface area contributed by atoms with E-state index in [-0.39, 0.29) is 0 Å². The molecule has 1 saturated heterocycles. The van der Waals surface area contributed by atoms with Gasteiger partial charge in [-0.25, -0.2) is 4.98 Å². The molecule has 1 aliphatic rings.